The zero-order chi connectivity index (χ0) is 11.6. The monoisotopic (exact) mass is 234 g/mol. The summed E-state index contributed by atoms with van der Waals surface area (Å²) in [6, 6.07) is 0.625. The van der Waals surface area contributed by atoms with Crippen LogP contribution in [0, 0.1) is 23.7 Å². The molecule has 4 bridgehead atoms. The zero-order valence-electron chi connectivity index (χ0n) is 10.6. The number of nitrogens with zero attached hydrogens (tertiary/aromatic N) is 1. The number of hydrogen-bond acceptors (Lipinski definition) is 2. The summed E-state index contributed by atoms with van der Waals surface area (Å²) >= 11 is 0. The van der Waals surface area contributed by atoms with Crippen molar-refractivity contribution >= 4 is 5.91 Å². The van der Waals surface area contributed by atoms with Crippen molar-refractivity contribution in [1.29, 1.82) is 0 Å². The Kier molecular flexibility index (Phi) is 2.11. The number of carbonyl (C=O) groups is 1. The first kappa shape index (κ1) is 10.4. The van der Waals surface area contributed by atoms with Crippen LogP contribution < -0.4 is 5.32 Å². The summed E-state index contributed by atoms with van der Waals surface area (Å²) in [5, 5.41) is 3.30. The van der Waals surface area contributed by atoms with Gasteiger partial charge in [0.15, 0.2) is 0 Å². The van der Waals surface area contributed by atoms with Crippen LogP contribution in [0.5, 0.6) is 0 Å². The van der Waals surface area contributed by atoms with E-state index in [1.165, 1.54) is 32.1 Å². The number of nitrogens with one attached hydrogen (secondary N) is 1. The fraction of sp³-hybridized carbons (Fsp3) is 0.929. The molecule has 3 nitrogen and oxygen atoms in total. The van der Waals surface area contributed by atoms with E-state index in [-0.39, 0.29) is 6.04 Å². The lowest BCUT2D eigenvalue weighted by Crippen LogP contribution is -2.56. The zero-order valence-corrected chi connectivity index (χ0v) is 10.6. The van der Waals surface area contributed by atoms with Crippen molar-refractivity contribution in [2.24, 2.45) is 23.7 Å². The first-order valence-electron chi connectivity index (χ1n) is 7.26. The lowest BCUT2D eigenvalue weighted by atomic mass is 9.54. The fourth-order valence-corrected chi connectivity index (χ4v) is 5.31. The molecule has 1 N–H and O–H groups in total. The van der Waals surface area contributed by atoms with Gasteiger partial charge in [-0.3, -0.25) is 10.1 Å². The van der Waals surface area contributed by atoms with E-state index in [9.17, 15) is 4.79 Å². The van der Waals surface area contributed by atoms with E-state index in [1.54, 1.807) is 0 Å². The summed E-state index contributed by atoms with van der Waals surface area (Å²) < 4.78 is 0. The molecular weight excluding hydrogens is 212 g/mol. The Labute approximate surface area is 103 Å². The number of hydrogen-bond donors (Lipinski definition) is 1. The minimum Gasteiger partial charge on any atom is -0.325 e. The van der Waals surface area contributed by atoms with E-state index >= 15 is 0 Å². The molecule has 5 rings (SSSR count). The summed E-state index contributed by atoms with van der Waals surface area (Å²) in [4.78, 5) is 14.4. The van der Waals surface area contributed by atoms with Gasteiger partial charge in [-0.05, 0) is 62.7 Å². The van der Waals surface area contributed by atoms with Crippen molar-refractivity contribution in [2.75, 3.05) is 6.67 Å². The molecule has 4 saturated carbocycles. The fourth-order valence-electron chi connectivity index (χ4n) is 5.31. The summed E-state index contributed by atoms with van der Waals surface area (Å²) in [5.41, 5.74) is 0. The molecule has 0 spiro atoms. The molecule has 5 aliphatic rings. The van der Waals surface area contributed by atoms with Crippen molar-refractivity contribution in [2.45, 2.75) is 51.1 Å². The maximum absolute atomic E-state index is 12.2. The quantitative estimate of drug-likeness (QED) is 0.747. The van der Waals surface area contributed by atoms with Crippen LogP contribution in [0.1, 0.15) is 39.0 Å². The Morgan fingerprint density at radius 2 is 1.65 bits per heavy atom. The highest BCUT2D eigenvalue weighted by molar-refractivity contribution is 5.83. The predicted molar refractivity (Wildman–Crippen MR) is 65.1 cm³/mol. The van der Waals surface area contributed by atoms with Crippen LogP contribution in [0.25, 0.3) is 0 Å². The minimum atomic E-state index is 0.0483. The second-order valence-electron chi connectivity index (χ2n) is 6.81. The third-order valence-electron chi connectivity index (χ3n) is 5.76. The lowest BCUT2D eigenvalue weighted by molar-refractivity contribution is -0.139. The van der Waals surface area contributed by atoms with Gasteiger partial charge >= 0.3 is 0 Å². The van der Waals surface area contributed by atoms with Gasteiger partial charge in [-0.2, -0.15) is 0 Å². The molecule has 0 aromatic heterocycles. The number of amides is 1. The molecule has 1 aliphatic heterocycles. The number of carbonyl (C=O) groups excluding carboxylic acids is 1. The Bertz CT molecular complexity index is 326. The van der Waals surface area contributed by atoms with Crippen molar-refractivity contribution in [3.63, 3.8) is 0 Å². The number of rotatable bonds is 1. The van der Waals surface area contributed by atoms with E-state index < -0.39 is 0 Å². The molecule has 1 amide bonds. The van der Waals surface area contributed by atoms with Gasteiger partial charge in [0, 0.05) is 6.04 Å². The predicted octanol–water partition coefficient (Wildman–Crippen LogP) is 1.59. The molecule has 1 heterocycles. The average molecular weight is 234 g/mol. The van der Waals surface area contributed by atoms with Crippen molar-refractivity contribution in [1.82, 2.24) is 10.2 Å². The molecule has 17 heavy (non-hydrogen) atoms. The molecule has 1 atom stereocenters. The van der Waals surface area contributed by atoms with Gasteiger partial charge in [0.05, 0.1) is 12.7 Å². The summed E-state index contributed by atoms with van der Waals surface area (Å²) in [6.45, 7) is 2.80. The average Bonchev–Trinajstić information content (AvgIpc) is 2.60. The van der Waals surface area contributed by atoms with Gasteiger partial charge in [0.1, 0.15) is 0 Å². The van der Waals surface area contributed by atoms with Crippen LogP contribution >= 0.6 is 0 Å². The normalized spacial score (nSPS) is 52.5. The van der Waals surface area contributed by atoms with Gasteiger partial charge in [-0.15, -0.1) is 0 Å². The molecule has 5 fully saturated rings. The maximum Gasteiger partial charge on any atom is 0.240 e. The minimum absolute atomic E-state index is 0.0483. The molecule has 4 aliphatic carbocycles. The third kappa shape index (κ3) is 1.41. The highest BCUT2D eigenvalue weighted by atomic mass is 16.2. The van der Waals surface area contributed by atoms with Crippen molar-refractivity contribution < 1.29 is 4.79 Å². The molecular formula is C14H22N2O. The van der Waals surface area contributed by atoms with Crippen LogP contribution in [-0.4, -0.2) is 29.6 Å². The highest BCUT2D eigenvalue weighted by Gasteiger charge is 2.52. The van der Waals surface area contributed by atoms with E-state index in [2.05, 4.69) is 10.2 Å². The van der Waals surface area contributed by atoms with Gasteiger partial charge in [-0.1, -0.05) is 0 Å². The largest absolute Gasteiger partial charge is 0.325 e. The van der Waals surface area contributed by atoms with Crippen molar-refractivity contribution in [3.8, 4) is 0 Å². The topological polar surface area (TPSA) is 32.3 Å². The van der Waals surface area contributed by atoms with Crippen LogP contribution in [0.15, 0.2) is 0 Å². The third-order valence-corrected chi connectivity index (χ3v) is 5.76. The van der Waals surface area contributed by atoms with Gasteiger partial charge in [0.25, 0.3) is 0 Å². The van der Waals surface area contributed by atoms with Gasteiger partial charge < -0.3 is 4.90 Å². The van der Waals surface area contributed by atoms with Crippen LogP contribution in [0.2, 0.25) is 0 Å². The van der Waals surface area contributed by atoms with E-state index in [0.717, 1.165) is 30.3 Å². The molecule has 94 valence electrons. The first-order valence-corrected chi connectivity index (χ1v) is 7.26. The summed E-state index contributed by atoms with van der Waals surface area (Å²) in [6.07, 6.45) is 7.08. The Morgan fingerprint density at radius 1 is 1.06 bits per heavy atom. The first-order chi connectivity index (χ1) is 8.22. The van der Waals surface area contributed by atoms with Crippen molar-refractivity contribution in [3.05, 3.63) is 0 Å². The van der Waals surface area contributed by atoms with E-state index in [0.29, 0.717) is 11.9 Å². The van der Waals surface area contributed by atoms with Crippen LogP contribution in [-0.2, 0) is 4.79 Å². The Hall–Kier alpha value is -0.570. The Balaban J connectivity index is 1.60. The molecule has 0 radical (unpaired) electrons. The summed E-state index contributed by atoms with van der Waals surface area (Å²) in [5.74, 6) is 3.99. The molecule has 0 aromatic carbocycles. The molecule has 1 saturated heterocycles. The Morgan fingerprint density at radius 3 is 2.12 bits per heavy atom. The second kappa shape index (κ2) is 3.47. The van der Waals surface area contributed by atoms with Gasteiger partial charge in [-0.25, -0.2) is 0 Å². The summed E-state index contributed by atoms with van der Waals surface area (Å²) in [7, 11) is 0. The van der Waals surface area contributed by atoms with Crippen LogP contribution in [0.4, 0.5) is 0 Å². The van der Waals surface area contributed by atoms with E-state index in [1.807, 2.05) is 6.92 Å². The standard InChI is InChI=1S/C14H22N2O/c1-8-14(17)16(7-15-8)13-11-3-9-2-10(5-11)6-12(13)4-9/h8-13,15H,2-7H2,1H3. The van der Waals surface area contributed by atoms with Crippen LogP contribution in [0.3, 0.4) is 0 Å². The lowest BCUT2D eigenvalue weighted by Gasteiger charge is -2.56. The second-order valence-corrected chi connectivity index (χ2v) is 6.81. The SMILES string of the molecule is CC1NCN(C2C3CC4CC(C3)CC2C4)C1=O. The van der Waals surface area contributed by atoms with Gasteiger partial charge in [0.2, 0.25) is 5.91 Å². The molecule has 0 aromatic rings. The molecule has 1 unspecified atom stereocenters. The smallest absolute Gasteiger partial charge is 0.240 e. The highest BCUT2D eigenvalue weighted by Crippen LogP contribution is 2.55. The maximum atomic E-state index is 12.2. The van der Waals surface area contributed by atoms with E-state index in [4.69, 9.17) is 0 Å². The molecule has 3 heteroatoms.